The van der Waals surface area contributed by atoms with Gasteiger partial charge in [-0.1, -0.05) is 66.2 Å². The van der Waals surface area contributed by atoms with E-state index < -0.39 is 0 Å². The van der Waals surface area contributed by atoms with Crippen molar-refractivity contribution in [3.63, 3.8) is 0 Å². The van der Waals surface area contributed by atoms with E-state index in [1.165, 1.54) is 22.2 Å². The van der Waals surface area contributed by atoms with E-state index in [9.17, 15) is 5.11 Å². The van der Waals surface area contributed by atoms with Gasteiger partial charge >= 0.3 is 0 Å². The molecular weight excluding hydrogens is 572 g/mol. The largest absolute Gasteiger partial charge is 0.497 e. The maximum Gasteiger partial charge on any atom is 0.255 e. The Morgan fingerprint density at radius 1 is 0.826 bits per heavy atom. The second kappa shape index (κ2) is 11.1. The number of hydrogen-bond donors (Lipinski definition) is 1. The van der Waals surface area contributed by atoms with Crippen LogP contribution in [0.15, 0.2) is 91.0 Å². The molecule has 1 aliphatic carbocycles. The number of fused-ring (bicyclic) bond motifs is 10. The first-order valence-corrected chi connectivity index (χ1v) is 15.9. The third kappa shape index (κ3) is 4.24. The number of methoxy groups -OCH3 is 2. The van der Waals surface area contributed by atoms with Crippen molar-refractivity contribution in [2.45, 2.75) is 38.9 Å². The number of para-hydroxylation sites is 1. The zero-order chi connectivity index (χ0) is 31.5. The summed E-state index contributed by atoms with van der Waals surface area (Å²) in [6.45, 7) is 3.44. The molecule has 8 rings (SSSR count). The number of aryl methyl sites for hydroxylation is 2. The lowest BCUT2D eigenvalue weighted by Crippen LogP contribution is -2.30. The zero-order valence-electron chi connectivity index (χ0n) is 26.3. The molecule has 6 aromatic rings. The molecule has 6 nitrogen and oxygen atoms in total. The molecular formula is C40H36N2O4. The van der Waals surface area contributed by atoms with Gasteiger partial charge in [-0.25, -0.2) is 0 Å². The number of aliphatic hydroxyl groups excluding tert-OH is 1. The maximum absolute atomic E-state index is 15.1. The van der Waals surface area contributed by atoms with Crippen molar-refractivity contribution < 1.29 is 19.4 Å². The van der Waals surface area contributed by atoms with E-state index in [1.807, 2.05) is 29.2 Å². The summed E-state index contributed by atoms with van der Waals surface area (Å²) in [5, 5.41) is 12.2. The smallest absolute Gasteiger partial charge is 0.255 e. The summed E-state index contributed by atoms with van der Waals surface area (Å²) >= 11 is 0. The standard InChI is InChI=1S/C40H36N2O4/c1-24-9-18-30-27(21-24)22-32-35(30)37-33(36-31-7-4-5-8-34(31)41(39(32)36)19-6-20-43)23-42(40(37)44)38(25-10-14-28(45-2)15-11-25)26-12-16-29(46-3)17-13-26/h4-5,7-18,21,38,43H,6,19-20,22-23H2,1-3H3. The van der Waals surface area contributed by atoms with Gasteiger partial charge in [-0.15, -0.1) is 0 Å². The highest BCUT2D eigenvalue weighted by Crippen LogP contribution is 2.51. The number of carbonyl (C=O) groups excluding carboxylic acids is 1. The molecule has 0 saturated heterocycles. The van der Waals surface area contributed by atoms with Crippen LogP contribution in [0.5, 0.6) is 11.5 Å². The van der Waals surface area contributed by atoms with Gasteiger partial charge in [-0.05, 0) is 77.1 Å². The van der Waals surface area contributed by atoms with Gasteiger partial charge in [0.05, 0.1) is 31.3 Å². The van der Waals surface area contributed by atoms with Gasteiger partial charge in [0.15, 0.2) is 0 Å². The Labute approximate surface area is 268 Å². The molecule has 0 radical (unpaired) electrons. The average Bonchev–Trinajstić information content (AvgIpc) is 3.73. The molecule has 0 saturated carbocycles. The third-order valence-electron chi connectivity index (χ3n) is 9.83. The van der Waals surface area contributed by atoms with Crippen LogP contribution in [-0.2, 0) is 19.5 Å². The maximum atomic E-state index is 15.1. The summed E-state index contributed by atoms with van der Waals surface area (Å²) in [7, 11) is 3.33. The lowest BCUT2D eigenvalue weighted by molar-refractivity contribution is 0.0731. The Kier molecular flexibility index (Phi) is 6.84. The zero-order valence-corrected chi connectivity index (χ0v) is 26.3. The fraction of sp³-hybridized carbons (Fsp3) is 0.225. The number of amides is 1. The molecule has 1 amide bonds. The minimum Gasteiger partial charge on any atom is -0.497 e. The molecule has 46 heavy (non-hydrogen) atoms. The molecule has 0 unspecified atom stereocenters. The van der Waals surface area contributed by atoms with Crippen LogP contribution in [0, 0.1) is 6.92 Å². The van der Waals surface area contributed by atoms with Gasteiger partial charge in [0.25, 0.3) is 5.91 Å². The lowest BCUT2D eigenvalue weighted by atomic mass is 9.92. The second-order valence-electron chi connectivity index (χ2n) is 12.4. The minimum atomic E-state index is -0.316. The van der Waals surface area contributed by atoms with Crippen LogP contribution < -0.4 is 9.47 Å². The minimum absolute atomic E-state index is 0.0467. The number of aliphatic hydroxyl groups is 1. The molecule has 0 fully saturated rings. The van der Waals surface area contributed by atoms with Crippen LogP contribution in [0.4, 0.5) is 0 Å². The summed E-state index contributed by atoms with van der Waals surface area (Å²) in [5.74, 6) is 1.59. The molecule has 230 valence electrons. The molecule has 0 atom stereocenters. The Hall–Kier alpha value is -5.07. The summed E-state index contributed by atoms with van der Waals surface area (Å²) in [6.07, 6.45) is 1.44. The number of rotatable bonds is 8. The Morgan fingerprint density at radius 2 is 1.50 bits per heavy atom. The van der Waals surface area contributed by atoms with E-state index in [2.05, 4.69) is 78.2 Å². The summed E-state index contributed by atoms with van der Waals surface area (Å²) in [4.78, 5) is 17.1. The van der Waals surface area contributed by atoms with E-state index in [1.54, 1.807) is 14.2 Å². The van der Waals surface area contributed by atoms with Crippen LogP contribution in [0.25, 0.3) is 32.9 Å². The Bertz CT molecular complexity index is 2100. The van der Waals surface area contributed by atoms with Crippen molar-refractivity contribution in [2.24, 2.45) is 0 Å². The molecule has 6 heteroatoms. The highest BCUT2D eigenvalue weighted by atomic mass is 16.5. The topological polar surface area (TPSA) is 63.9 Å². The Balaban J connectivity index is 1.40. The highest BCUT2D eigenvalue weighted by molar-refractivity contribution is 6.20. The van der Waals surface area contributed by atoms with Crippen molar-refractivity contribution in [3.05, 3.63) is 130 Å². The van der Waals surface area contributed by atoms with Gasteiger partial charge in [-0.3, -0.25) is 4.79 Å². The number of aromatic nitrogens is 1. The van der Waals surface area contributed by atoms with Crippen LogP contribution in [-0.4, -0.2) is 41.3 Å². The first kappa shape index (κ1) is 28.4. The lowest BCUT2D eigenvalue weighted by Gasteiger charge is -2.29. The van der Waals surface area contributed by atoms with Crippen molar-refractivity contribution in [1.29, 1.82) is 0 Å². The van der Waals surface area contributed by atoms with Crippen LogP contribution in [0.1, 0.15) is 56.2 Å². The Morgan fingerprint density at radius 3 is 2.15 bits per heavy atom. The van der Waals surface area contributed by atoms with E-state index >= 15 is 4.79 Å². The van der Waals surface area contributed by atoms with Gasteiger partial charge < -0.3 is 24.0 Å². The molecule has 0 bridgehead atoms. The summed E-state index contributed by atoms with van der Waals surface area (Å²) in [6, 6.07) is 30.9. The summed E-state index contributed by atoms with van der Waals surface area (Å²) in [5.41, 5.74) is 12.2. The fourth-order valence-electron chi connectivity index (χ4n) is 7.81. The molecule has 1 aromatic heterocycles. The van der Waals surface area contributed by atoms with Crippen LogP contribution in [0.2, 0.25) is 0 Å². The molecule has 2 heterocycles. The SMILES string of the molecule is COc1ccc(C(c2ccc(OC)cc2)N2Cc3c(c4c(c5c3c3ccccc3n5CCCO)Cc3cc(C)ccc3-4)C2=O)cc1. The molecule has 1 N–H and O–H groups in total. The molecule has 2 aliphatic rings. The number of carbonyl (C=O) groups is 1. The number of nitrogens with zero attached hydrogens (tertiary/aromatic N) is 2. The van der Waals surface area contributed by atoms with Gasteiger partial charge in [0.2, 0.25) is 0 Å². The van der Waals surface area contributed by atoms with Crippen LogP contribution >= 0.6 is 0 Å². The van der Waals surface area contributed by atoms with Gasteiger partial charge in [0.1, 0.15) is 11.5 Å². The normalized spacial score (nSPS) is 13.5. The van der Waals surface area contributed by atoms with Gasteiger partial charge in [0, 0.05) is 48.0 Å². The second-order valence-corrected chi connectivity index (χ2v) is 12.4. The van der Waals surface area contributed by atoms with Crippen molar-refractivity contribution in [1.82, 2.24) is 9.47 Å². The molecule has 1 aliphatic heterocycles. The van der Waals surface area contributed by atoms with Crippen molar-refractivity contribution in [3.8, 4) is 22.6 Å². The average molecular weight is 609 g/mol. The molecule has 0 spiro atoms. The highest BCUT2D eigenvalue weighted by Gasteiger charge is 2.41. The van der Waals surface area contributed by atoms with Crippen LogP contribution in [0.3, 0.4) is 0 Å². The van der Waals surface area contributed by atoms with E-state index in [4.69, 9.17) is 9.47 Å². The first-order valence-electron chi connectivity index (χ1n) is 15.9. The van der Waals surface area contributed by atoms with E-state index in [0.717, 1.165) is 67.6 Å². The monoisotopic (exact) mass is 608 g/mol. The van der Waals surface area contributed by atoms with Crippen molar-refractivity contribution in [2.75, 3.05) is 20.8 Å². The predicted molar refractivity (Wildman–Crippen MR) is 182 cm³/mol. The third-order valence-corrected chi connectivity index (χ3v) is 9.83. The van der Waals surface area contributed by atoms with Crippen molar-refractivity contribution >= 4 is 27.7 Å². The summed E-state index contributed by atoms with van der Waals surface area (Å²) < 4.78 is 13.3. The van der Waals surface area contributed by atoms with E-state index in [0.29, 0.717) is 19.5 Å². The number of benzene rings is 5. The number of hydrogen-bond acceptors (Lipinski definition) is 4. The predicted octanol–water partition coefficient (Wildman–Crippen LogP) is 7.82. The number of ether oxygens (including phenoxy) is 2. The van der Waals surface area contributed by atoms with Gasteiger partial charge in [-0.2, -0.15) is 0 Å². The first-order chi connectivity index (χ1) is 22.5. The van der Waals surface area contributed by atoms with E-state index in [-0.39, 0.29) is 18.6 Å². The molecule has 5 aromatic carbocycles. The quantitative estimate of drug-likeness (QED) is 0.191. The fourth-order valence-corrected chi connectivity index (χ4v) is 7.81.